The summed E-state index contributed by atoms with van der Waals surface area (Å²) in [5.41, 5.74) is 4.90. The van der Waals surface area contributed by atoms with E-state index in [2.05, 4.69) is 12.2 Å². The van der Waals surface area contributed by atoms with E-state index in [-0.39, 0.29) is 11.7 Å². The summed E-state index contributed by atoms with van der Waals surface area (Å²) in [6, 6.07) is 10.4. The number of halogens is 1. The molecule has 0 aromatic heterocycles. The highest BCUT2D eigenvalue weighted by atomic mass is 32.2. The summed E-state index contributed by atoms with van der Waals surface area (Å²) >= 11 is 1.54. The highest BCUT2D eigenvalue weighted by Gasteiger charge is 2.20. The van der Waals surface area contributed by atoms with Gasteiger partial charge in [-0.25, -0.2) is 9.38 Å². The summed E-state index contributed by atoms with van der Waals surface area (Å²) < 4.78 is 14.1. The van der Waals surface area contributed by atoms with Crippen LogP contribution in [0.2, 0.25) is 0 Å². The van der Waals surface area contributed by atoms with Crippen LogP contribution in [0.15, 0.2) is 74.5 Å². The zero-order valence-electron chi connectivity index (χ0n) is 17.9. The third-order valence-corrected chi connectivity index (χ3v) is 5.87. The summed E-state index contributed by atoms with van der Waals surface area (Å²) in [7, 11) is 0. The van der Waals surface area contributed by atoms with Crippen LogP contribution in [0.4, 0.5) is 10.1 Å². The quantitative estimate of drug-likeness (QED) is 0.408. The van der Waals surface area contributed by atoms with Crippen molar-refractivity contribution in [3.05, 3.63) is 76.6 Å². The summed E-state index contributed by atoms with van der Waals surface area (Å²) in [5.74, 6) is -0.392. The number of nitrogens with zero attached hydrogens (tertiary/aromatic N) is 1. The van der Waals surface area contributed by atoms with Crippen LogP contribution in [-0.2, 0) is 0 Å². The third-order valence-electron chi connectivity index (χ3n) is 4.73. The average Bonchev–Trinajstić information content (AvgIpc) is 2.88. The number of carbonyl (C=O) groups is 1. The molecule has 0 aliphatic carbocycles. The fraction of sp³-hybridized carbons (Fsp3) is 0.280. The average molecular weight is 423 g/mol. The number of hydrogen-bond donors (Lipinski definition) is 1. The maximum Gasteiger partial charge on any atom is 0.251 e. The van der Waals surface area contributed by atoms with Gasteiger partial charge in [0.05, 0.1) is 11.4 Å². The standard InChI is InChI=1S/C25H27FN2OS/c1-5-6-13-27-25(29)18-9-11-23-21(14-18)28-24(17(4)8-7-16(2)3)20-15-19(26)10-12-22(20)30-23/h7-12,14-15H,5-6,13H2,1-4H3,(H,27,29)/b17-8+. The van der Waals surface area contributed by atoms with E-state index in [1.165, 1.54) is 17.7 Å². The van der Waals surface area contributed by atoms with Crippen LogP contribution < -0.4 is 5.32 Å². The molecule has 1 aliphatic rings. The maximum absolute atomic E-state index is 14.1. The molecular formula is C25H27FN2OS. The second-order valence-electron chi connectivity index (χ2n) is 7.59. The Labute approximate surface area is 182 Å². The fourth-order valence-corrected chi connectivity index (χ4v) is 4.04. The molecule has 0 saturated carbocycles. The fourth-order valence-electron chi connectivity index (χ4n) is 3.06. The normalized spacial score (nSPS) is 13.0. The van der Waals surface area contributed by atoms with Gasteiger partial charge >= 0.3 is 0 Å². The number of allylic oxidation sites excluding steroid dienone is 4. The summed E-state index contributed by atoms with van der Waals surface area (Å²) in [6.07, 6.45) is 6.00. The van der Waals surface area contributed by atoms with Gasteiger partial charge in [-0.3, -0.25) is 4.79 Å². The van der Waals surface area contributed by atoms with Gasteiger partial charge < -0.3 is 5.32 Å². The zero-order valence-corrected chi connectivity index (χ0v) is 18.7. The molecule has 0 unspecified atom stereocenters. The first kappa shape index (κ1) is 22.0. The molecule has 1 aliphatic heterocycles. The highest BCUT2D eigenvalue weighted by Crippen LogP contribution is 2.41. The number of hydrogen-bond acceptors (Lipinski definition) is 3. The molecule has 2 aromatic carbocycles. The van der Waals surface area contributed by atoms with E-state index in [0.717, 1.165) is 45.2 Å². The van der Waals surface area contributed by atoms with Crippen LogP contribution in [0.25, 0.3) is 0 Å². The predicted molar refractivity (Wildman–Crippen MR) is 124 cm³/mol. The molecule has 30 heavy (non-hydrogen) atoms. The van der Waals surface area contributed by atoms with Crippen LogP contribution in [0, 0.1) is 5.82 Å². The van der Waals surface area contributed by atoms with Gasteiger partial charge in [-0.1, -0.05) is 42.8 Å². The number of amides is 1. The number of fused-ring (bicyclic) bond motifs is 2. The van der Waals surface area contributed by atoms with Gasteiger partial charge in [0.15, 0.2) is 0 Å². The molecule has 0 spiro atoms. The van der Waals surface area contributed by atoms with Crippen molar-refractivity contribution in [1.82, 2.24) is 5.32 Å². The van der Waals surface area contributed by atoms with Crippen LogP contribution in [0.1, 0.15) is 56.5 Å². The zero-order chi connectivity index (χ0) is 21.7. The molecule has 0 bridgehead atoms. The lowest BCUT2D eigenvalue weighted by molar-refractivity contribution is 0.0953. The molecule has 0 fully saturated rings. The lowest BCUT2D eigenvalue weighted by atomic mass is 10.0. The number of aliphatic imine (C=N–C) groups is 1. The third kappa shape index (κ3) is 5.28. The van der Waals surface area contributed by atoms with E-state index in [1.807, 2.05) is 51.1 Å². The Balaban J connectivity index is 2.08. The Kier molecular flexibility index (Phi) is 7.27. The van der Waals surface area contributed by atoms with Crippen molar-refractivity contribution < 1.29 is 9.18 Å². The van der Waals surface area contributed by atoms with Gasteiger partial charge in [0.1, 0.15) is 5.82 Å². The van der Waals surface area contributed by atoms with E-state index in [0.29, 0.717) is 12.1 Å². The lowest BCUT2D eigenvalue weighted by Crippen LogP contribution is -2.24. The van der Waals surface area contributed by atoms with Crippen molar-refractivity contribution in [3.8, 4) is 0 Å². The first-order chi connectivity index (χ1) is 14.4. The molecule has 0 atom stereocenters. The number of nitrogens with one attached hydrogen (secondary N) is 1. The number of unbranched alkanes of at least 4 members (excludes halogenated alkanes) is 1. The smallest absolute Gasteiger partial charge is 0.251 e. The Hall–Kier alpha value is -2.66. The highest BCUT2D eigenvalue weighted by molar-refractivity contribution is 7.99. The lowest BCUT2D eigenvalue weighted by Gasteiger charge is -2.09. The van der Waals surface area contributed by atoms with E-state index in [1.54, 1.807) is 17.8 Å². The minimum atomic E-state index is -0.293. The largest absolute Gasteiger partial charge is 0.352 e. The predicted octanol–water partition coefficient (Wildman–Crippen LogP) is 6.85. The molecular weight excluding hydrogens is 395 g/mol. The molecule has 2 aromatic rings. The molecule has 3 rings (SSSR count). The van der Waals surface area contributed by atoms with Crippen molar-refractivity contribution >= 4 is 29.1 Å². The van der Waals surface area contributed by atoms with Crippen LogP contribution in [0.3, 0.4) is 0 Å². The minimum Gasteiger partial charge on any atom is -0.352 e. The molecule has 3 nitrogen and oxygen atoms in total. The van der Waals surface area contributed by atoms with E-state index in [9.17, 15) is 9.18 Å². The Morgan fingerprint density at radius 2 is 1.87 bits per heavy atom. The second-order valence-corrected chi connectivity index (χ2v) is 8.67. The molecule has 1 N–H and O–H groups in total. The van der Waals surface area contributed by atoms with Gasteiger partial charge in [0.25, 0.3) is 5.91 Å². The second kappa shape index (κ2) is 9.90. The van der Waals surface area contributed by atoms with Crippen LogP contribution in [-0.4, -0.2) is 18.2 Å². The molecule has 1 heterocycles. The van der Waals surface area contributed by atoms with E-state index < -0.39 is 0 Å². The SMILES string of the molecule is CCCCNC(=O)c1ccc2c(c1)N=C(/C(C)=C/C=C(C)C)c1cc(F)ccc1S2. The number of rotatable bonds is 6. The van der Waals surface area contributed by atoms with E-state index >= 15 is 0 Å². The van der Waals surface area contributed by atoms with Crippen LogP contribution in [0.5, 0.6) is 0 Å². The monoisotopic (exact) mass is 422 g/mol. The molecule has 5 heteroatoms. The van der Waals surface area contributed by atoms with Crippen molar-refractivity contribution in [2.75, 3.05) is 6.54 Å². The molecule has 0 saturated heterocycles. The van der Waals surface area contributed by atoms with Crippen molar-refractivity contribution in [1.29, 1.82) is 0 Å². The maximum atomic E-state index is 14.1. The summed E-state index contributed by atoms with van der Waals surface area (Å²) in [6.45, 7) is 8.78. The Morgan fingerprint density at radius 1 is 1.10 bits per heavy atom. The molecule has 1 amide bonds. The Morgan fingerprint density at radius 3 is 2.60 bits per heavy atom. The Bertz CT molecular complexity index is 1050. The van der Waals surface area contributed by atoms with Crippen molar-refractivity contribution in [2.24, 2.45) is 4.99 Å². The van der Waals surface area contributed by atoms with Crippen molar-refractivity contribution in [2.45, 2.75) is 50.3 Å². The summed E-state index contributed by atoms with van der Waals surface area (Å²) in [4.78, 5) is 19.3. The van der Waals surface area contributed by atoms with Crippen molar-refractivity contribution in [3.63, 3.8) is 0 Å². The van der Waals surface area contributed by atoms with Gasteiger partial charge in [0, 0.05) is 27.5 Å². The minimum absolute atomic E-state index is 0.0994. The van der Waals surface area contributed by atoms with Gasteiger partial charge in [-0.15, -0.1) is 0 Å². The molecule has 0 radical (unpaired) electrons. The van der Waals surface area contributed by atoms with Gasteiger partial charge in [0.2, 0.25) is 0 Å². The number of carbonyl (C=O) groups excluding carboxylic acids is 1. The topological polar surface area (TPSA) is 41.5 Å². The van der Waals surface area contributed by atoms with E-state index in [4.69, 9.17) is 4.99 Å². The van der Waals surface area contributed by atoms with Gasteiger partial charge in [-0.2, -0.15) is 0 Å². The summed E-state index contributed by atoms with van der Waals surface area (Å²) in [5, 5.41) is 2.95. The number of benzene rings is 2. The van der Waals surface area contributed by atoms with Crippen LogP contribution >= 0.6 is 11.8 Å². The first-order valence-corrected chi connectivity index (χ1v) is 11.0. The molecule has 156 valence electrons. The first-order valence-electron chi connectivity index (χ1n) is 10.2. The van der Waals surface area contributed by atoms with Gasteiger partial charge in [-0.05, 0) is 69.2 Å².